The monoisotopic (exact) mass is 326 g/mol. The zero-order chi connectivity index (χ0) is 17.1. The molecular formula is C18H18N2O4. The second kappa shape index (κ2) is 6.62. The predicted molar refractivity (Wildman–Crippen MR) is 87.9 cm³/mol. The molecule has 0 fully saturated rings. The highest BCUT2D eigenvalue weighted by Crippen LogP contribution is 2.30. The molecule has 0 saturated carbocycles. The van der Waals surface area contributed by atoms with Gasteiger partial charge in [-0.2, -0.15) is 0 Å². The lowest BCUT2D eigenvalue weighted by Gasteiger charge is -2.25. The van der Waals surface area contributed by atoms with Crippen LogP contribution in [0.2, 0.25) is 0 Å². The van der Waals surface area contributed by atoms with Crippen molar-refractivity contribution in [1.82, 2.24) is 10.9 Å². The summed E-state index contributed by atoms with van der Waals surface area (Å²) in [5, 5.41) is 0. The summed E-state index contributed by atoms with van der Waals surface area (Å²) in [6.45, 7) is 3.88. The SMILES string of the molecule is Cc1ccc(C(=O)NNC(=O)[C@H]2COc3ccccc3O2)c(C)c1. The minimum atomic E-state index is -0.820. The smallest absolute Gasteiger partial charge is 0.283 e. The normalized spacial score (nSPS) is 15.5. The highest BCUT2D eigenvalue weighted by Gasteiger charge is 2.27. The van der Waals surface area contributed by atoms with Crippen LogP contribution in [0.4, 0.5) is 0 Å². The number of carbonyl (C=O) groups excluding carboxylic acids is 2. The first-order valence-corrected chi connectivity index (χ1v) is 7.60. The van der Waals surface area contributed by atoms with Gasteiger partial charge in [-0.15, -0.1) is 0 Å². The van der Waals surface area contributed by atoms with E-state index in [1.807, 2.05) is 32.0 Å². The number of rotatable bonds is 2. The number of hydrazine groups is 1. The lowest BCUT2D eigenvalue weighted by atomic mass is 10.1. The Labute approximate surface area is 139 Å². The largest absolute Gasteiger partial charge is 0.485 e. The van der Waals surface area contributed by atoms with Crippen LogP contribution in [0.3, 0.4) is 0 Å². The molecule has 0 aliphatic carbocycles. The van der Waals surface area contributed by atoms with Crippen LogP contribution in [0.15, 0.2) is 42.5 Å². The molecule has 1 heterocycles. The Balaban J connectivity index is 1.59. The van der Waals surface area contributed by atoms with Gasteiger partial charge < -0.3 is 9.47 Å². The second-order valence-corrected chi connectivity index (χ2v) is 5.63. The molecule has 2 N–H and O–H groups in total. The van der Waals surface area contributed by atoms with Crippen molar-refractivity contribution in [3.8, 4) is 11.5 Å². The van der Waals surface area contributed by atoms with E-state index in [9.17, 15) is 9.59 Å². The van der Waals surface area contributed by atoms with E-state index in [2.05, 4.69) is 10.9 Å². The first-order valence-electron chi connectivity index (χ1n) is 7.60. The second-order valence-electron chi connectivity index (χ2n) is 5.63. The maximum atomic E-state index is 12.2. The van der Waals surface area contributed by atoms with E-state index in [1.165, 1.54) is 0 Å². The van der Waals surface area contributed by atoms with Crippen molar-refractivity contribution >= 4 is 11.8 Å². The summed E-state index contributed by atoms with van der Waals surface area (Å²) in [5.74, 6) is 0.256. The summed E-state index contributed by atoms with van der Waals surface area (Å²) in [5.41, 5.74) is 7.20. The van der Waals surface area contributed by atoms with Crippen molar-refractivity contribution in [3.05, 3.63) is 59.2 Å². The number of aryl methyl sites for hydroxylation is 2. The number of carbonyl (C=O) groups is 2. The molecule has 2 amide bonds. The van der Waals surface area contributed by atoms with Crippen molar-refractivity contribution in [2.45, 2.75) is 20.0 Å². The predicted octanol–water partition coefficient (Wildman–Crippen LogP) is 1.90. The molecule has 2 aromatic rings. The summed E-state index contributed by atoms with van der Waals surface area (Å²) >= 11 is 0. The molecule has 0 aromatic heterocycles. The van der Waals surface area contributed by atoms with Gasteiger partial charge in [0.05, 0.1) is 0 Å². The molecule has 0 saturated heterocycles. The van der Waals surface area contributed by atoms with Gasteiger partial charge >= 0.3 is 0 Å². The highest BCUT2D eigenvalue weighted by molar-refractivity contribution is 5.97. The van der Waals surface area contributed by atoms with Gasteiger partial charge in [0.2, 0.25) is 6.10 Å². The molecule has 6 nitrogen and oxygen atoms in total. The Morgan fingerprint density at radius 2 is 1.79 bits per heavy atom. The van der Waals surface area contributed by atoms with Gasteiger partial charge in [0.1, 0.15) is 6.61 Å². The van der Waals surface area contributed by atoms with Crippen LogP contribution in [-0.2, 0) is 4.79 Å². The van der Waals surface area contributed by atoms with E-state index < -0.39 is 12.0 Å². The molecular weight excluding hydrogens is 308 g/mol. The minimum Gasteiger partial charge on any atom is -0.485 e. The van der Waals surface area contributed by atoms with Crippen molar-refractivity contribution in [1.29, 1.82) is 0 Å². The fourth-order valence-electron chi connectivity index (χ4n) is 2.48. The third-order valence-corrected chi connectivity index (χ3v) is 3.73. The molecule has 0 unspecified atom stereocenters. The van der Waals surface area contributed by atoms with Crippen LogP contribution in [0.25, 0.3) is 0 Å². The fraction of sp³-hybridized carbons (Fsp3) is 0.222. The number of fused-ring (bicyclic) bond motifs is 1. The van der Waals surface area contributed by atoms with Crippen LogP contribution in [0, 0.1) is 13.8 Å². The average Bonchev–Trinajstić information content (AvgIpc) is 2.59. The summed E-state index contributed by atoms with van der Waals surface area (Å²) in [7, 11) is 0. The Morgan fingerprint density at radius 1 is 1.04 bits per heavy atom. The first-order chi connectivity index (χ1) is 11.5. The molecule has 6 heteroatoms. The molecule has 0 bridgehead atoms. The van der Waals surface area contributed by atoms with Crippen molar-refractivity contribution in [2.24, 2.45) is 0 Å². The number of benzene rings is 2. The number of amides is 2. The first kappa shape index (κ1) is 15.9. The van der Waals surface area contributed by atoms with E-state index in [1.54, 1.807) is 24.3 Å². The van der Waals surface area contributed by atoms with Gasteiger partial charge in [-0.25, -0.2) is 0 Å². The Hall–Kier alpha value is -3.02. The van der Waals surface area contributed by atoms with Crippen molar-refractivity contribution in [3.63, 3.8) is 0 Å². The molecule has 1 aliphatic rings. The third kappa shape index (κ3) is 3.32. The Bertz CT molecular complexity index is 788. The van der Waals surface area contributed by atoms with Gasteiger partial charge in [0, 0.05) is 5.56 Å². The minimum absolute atomic E-state index is 0.0856. The Kier molecular flexibility index (Phi) is 4.37. The molecule has 0 radical (unpaired) electrons. The number of para-hydroxylation sites is 2. The quantitative estimate of drug-likeness (QED) is 0.827. The standard InChI is InChI=1S/C18H18N2O4/c1-11-7-8-13(12(2)9-11)17(21)19-20-18(22)16-10-23-14-5-3-4-6-15(14)24-16/h3-9,16H,10H2,1-2H3,(H,19,21)(H,20,22)/t16-/m1/s1. The zero-order valence-corrected chi connectivity index (χ0v) is 13.5. The van der Waals surface area contributed by atoms with Crippen LogP contribution in [0.5, 0.6) is 11.5 Å². The molecule has 0 spiro atoms. The highest BCUT2D eigenvalue weighted by atomic mass is 16.6. The topological polar surface area (TPSA) is 76.7 Å². The van der Waals surface area contributed by atoms with Crippen molar-refractivity contribution in [2.75, 3.05) is 6.61 Å². The summed E-state index contributed by atoms with van der Waals surface area (Å²) in [6.07, 6.45) is -0.820. The van der Waals surface area contributed by atoms with Crippen molar-refractivity contribution < 1.29 is 19.1 Å². The van der Waals surface area contributed by atoms with Gasteiger partial charge in [-0.3, -0.25) is 20.4 Å². The molecule has 1 atom stereocenters. The summed E-state index contributed by atoms with van der Waals surface area (Å²) < 4.78 is 11.1. The van der Waals surface area contributed by atoms with E-state index in [4.69, 9.17) is 9.47 Å². The molecule has 124 valence electrons. The molecule has 2 aromatic carbocycles. The van der Waals surface area contributed by atoms with Gasteiger partial charge in [0.25, 0.3) is 11.8 Å². The zero-order valence-electron chi connectivity index (χ0n) is 13.5. The maximum absolute atomic E-state index is 12.2. The number of hydrogen-bond acceptors (Lipinski definition) is 4. The average molecular weight is 326 g/mol. The molecule has 24 heavy (non-hydrogen) atoms. The van der Waals surface area contributed by atoms with E-state index >= 15 is 0 Å². The van der Waals surface area contributed by atoms with Crippen LogP contribution < -0.4 is 20.3 Å². The number of hydrogen-bond donors (Lipinski definition) is 2. The number of nitrogens with one attached hydrogen (secondary N) is 2. The van der Waals surface area contributed by atoms with E-state index in [0.717, 1.165) is 11.1 Å². The van der Waals surface area contributed by atoms with E-state index in [0.29, 0.717) is 17.1 Å². The lowest BCUT2D eigenvalue weighted by Crippen LogP contribution is -2.50. The van der Waals surface area contributed by atoms with E-state index in [-0.39, 0.29) is 12.5 Å². The maximum Gasteiger partial charge on any atom is 0.283 e. The lowest BCUT2D eigenvalue weighted by molar-refractivity contribution is -0.131. The summed E-state index contributed by atoms with van der Waals surface area (Å²) in [4.78, 5) is 24.3. The molecule has 3 rings (SSSR count). The third-order valence-electron chi connectivity index (χ3n) is 3.73. The Morgan fingerprint density at radius 3 is 2.54 bits per heavy atom. The van der Waals surface area contributed by atoms with Gasteiger partial charge in [-0.1, -0.05) is 29.8 Å². The summed E-state index contributed by atoms with van der Waals surface area (Å²) in [6, 6.07) is 12.6. The van der Waals surface area contributed by atoms with Gasteiger partial charge in [0.15, 0.2) is 11.5 Å². The van der Waals surface area contributed by atoms with Gasteiger partial charge in [-0.05, 0) is 37.6 Å². The number of ether oxygens (including phenoxy) is 2. The van der Waals surface area contributed by atoms with Crippen LogP contribution in [0.1, 0.15) is 21.5 Å². The fourth-order valence-corrected chi connectivity index (χ4v) is 2.48. The van der Waals surface area contributed by atoms with Crippen LogP contribution in [-0.4, -0.2) is 24.5 Å². The van der Waals surface area contributed by atoms with Crippen LogP contribution >= 0.6 is 0 Å². The molecule has 1 aliphatic heterocycles.